The number of hydrogen-bond donors (Lipinski definition) is 2. The predicted octanol–water partition coefficient (Wildman–Crippen LogP) is 6.79. The minimum atomic E-state index is -0.570. The van der Waals surface area contributed by atoms with E-state index < -0.39 is 11.9 Å². The number of aromatic nitrogens is 3. The Morgan fingerprint density at radius 3 is 2.42 bits per heavy atom. The Balaban J connectivity index is 0.000000695. The Morgan fingerprint density at radius 2 is 1.77 bits per heavy atom. The van der Waals surface area contributed by atoms with E-state index in [0.717, 1.165) is 17.7 Å². The summed E-state index contributed by atoms with van der Waals surface area (Å²) in [5.41, 5.74) is 9.31. The number of pyridine rings is 2. The summed E-state index contributed by atoms with van der Waals surface area (Å²) in [6.45, 7) is 4.28. The first-order chi connectivity index (χ1) is 19.4. The number of nitrogens with two attached hydrogens (primary N) is 1. The van der Waals surface area contributed by atoms with Crippen molar-refractivity contribution in [1.82, 2.24) is 13.9 Å². The third kappa shape index (κ3) is 6.22. The van der Waals surface area contributed by atoms with Crippen LogP contribution in [0, 0.1) is 11.7 Å². The molecule has 7 nitrogen and oxygen atoms in total. The Morgan fingerprint density at radius 1 is 1.07 bits per heavy atom. The first kappa shape index (κ1) is 30.1. The zero-order valence-electron chi connectivity index (χ0n) is 22.9. The smallest absolute Gasteiger partial charge is 0.208 e. The molecule has 2 fully saturated rings. The minimum Gasteiger partial charge on any atom is -0.472 e. The lowest BCUT2D eigenvalue weighted by molar-refractivity contribution is 0.0150. The Bertz CT molecular complexity index is 1400. The van der Waals surface area contributed by atoms with Crippen molar-refractivity contribution in [3.8, 4) is 28.4 Å². The van der Waals surface area contributed by atoms with E-state index in [1.807, 2.05) is 44.6 Å². The van der Waals surface area contributed by atoms with Gasteiger partial charge in [0.25, 0.3) is 0 Å². The fraction of sp³-hybridized carbons (Fsp3) is 0.379. The van der Waals surface area contributed by atoms with Crippen LogP contribution in [0.3, 0.4) is 0 Å². The third-order valence-corrected chi connectivity index (χ3v) is 7.29. The number of aliphatic hydroxyl groups excluding tert-OH is 1. The second-order valence-electron chi connectivity index (χ2n) is 9.29. The van der Waals surface area contributed by atoms with Gasteiger partial charge in [-0.25, -0.2) is 13.3 Å². The summed E-state index contributed by atoms with van der Waals surface area (Å²) in [5, 5.41) is 10.1. The van der Waals surface area contributed by atoms with E-state index in [-0.39, 0.29) is 54.2 Å². The molecule has 3 aromatic heterocycles. The minimum absolute atomic E-state index is 0.0180. The lowest BCUT2D eigenvalue weighted by atomic mass is 10.0. The van der Waals surface area contributed by atoms with E-state index in [1.165, 1.54) is 10.0 Å². The number of ether oxygens (including phenoxy) is 2. The van der Waals surface area contributed by atoms with E-state index >= 15 is 4.39 Å². The van der Waals surface area contributed by atoms with Crippen molar-refractivity contribution in [2.75, 3.05) is 24.9 Å². The second kappa shape index (κ2) is 13.7. The molecule has 1 saturated carbocycles. The molecule has 40 heavy (non-hydrogen) atoms. The molecule has 4 heterocycles. The molecular weight excluding hydrogens is 554 g/mol. The van der Waals surface area contributed by atoms with Crippen molar-refractivity contribution in [2.24, 2.45) is 5.92 Å². The molecule has 1 aliphatic carbocycles. The van der Waals surface area contributed by atoms with Crippen LogP contribution in [0.1, 0.15) is 26.7 Å². The number of benzene rings is 1. The van der Waals surface area contributed by atoms with Gasteiger partial charge >= 0.3 is 0 Å². The number of fused-ring (bicyclic) bond motifs is 2. The Kier molecular flexibility index (Phi) is 10.3. The zero-order valence-corrected chi connectivity index (χ0v) is 24.5. The fourth-order valence-corrected chi connectivity index (χ4v) is 5.39. The average molecular weight is 589 g/mol. The van der Waals surface area contributed by atoms with Crippen molar-refractivity contribution in [3.05, 3.63) is 60.5 Å². The van der Waals surface area contributed by atoms with Gasteiger partial charge in [0.2, 0.25) is 5.88 Å². The molecule has 1 unspecified atom stereocenters. The first-order valence-corrected chi connectivity index (χ1v) is 15.4. The molecule has 2 aliphatic rings. The Hall–Kier alpha value is -2.86. The molecule has 214 valence electrons. The maximum absolute atomic E-state index is 15.1. The van der Waals surface area contributed by atoms with Gasteiger partial charge in [0.15, 0.2) is 18.2 Å². The van der Waals surface area contributed by atoms with Crippen molar-refractivity contribution >= 4 is 40.8 Å². The number of nitrogen functional groups attached to an aromatic ring is 1. The fourth-order valence-electron chi connectivity index (χ4n) is 5.00. The van der Waals surface area contributed by atoms with Crippen LogP contribution < -0.4 is 10.5 Å². The van der Waals surface area contributed by atoms with E-state index in [4.69, 9.17) is 15.2 Å². The van der Waals surface area contributed by atoms with Gasteiger partial charge in [0.1, 0.15) is 11.8 Å². The van der Waals surface area contributed by atoms with E-state index in [9.17, 15) is 8.99 Å². The molecular formula is C29H34F2N4O3S2. The van der Waals surface area contributed by atoms with Crippen molar-refractivity contribution in [3.63, 3.8) is 0 Å². The average Bonchev–Trinajstić information content (AvgIpc) is 3.65. The van der Waals surface area contributed by atoms with Crippen LogP contribution >= 0.6 is 24.1 Å². The highest BCUT2D eigenvalue weighted by Crippen LogP contribution is 2.40. The van der Waals surface area contributed by atoms with Crippen LogP contribution in [0.5, 0.6) is 5.88 Å². The van der Waals surface area contributed by atoms with Gasteiger partial charge in [-0.15, -0.1) is 3.89 Å². The number of nitrogens with zero attached hydrogens (tertiary/aromatic N) is 3. The molecule has 6 rings (SSSR count). The maximum Gasteiger partial charge on any atom is 0.208 e. The van der Waals surface area contributed by atoms with Gasteiger partial charge < -0.3 is 20.3 Å². The second-order valence-corrected chi connectivity index (χ2v) is 10.6. The van der Waals surface area contributed by atoms with Gasteiger partial charge in [-0.1, -0.05) is 38.1 Å². The number of halogens is 2. The van der Waals surface area contributed by atoms with E-state index in [0.29, 0.717) is 23.2 Å². The lowest BCUT2D eigenvalue weighted by Gasteiger charge is -2.19. The van der Waals surface area contributed by atoms with Gasteiger partial charge in [0.05, 0.1) is 47.4 Å². The number of thioether (sulfide) groups is 1. The van der Waals surface area contributed by atoms with Gasteiger partial charge in [0, 0.05) is 29.2 Å². The third-order valence-electron chi connectivity index (χ3n) is 6.77. The van der Waals surface area contributed by atoms with Crippen LogP contribution in [-0.2, 0) is 4.74 Å². The lowest BCUT2D eigenvalue weighted by Crippen LogP contribution is -2.30. The monoisotopic (exact) mass is 588 g/mol. The number of rotatable bonds is 5. The summed E-state index contributed by atoms with van der Waals surface area (Å²) >= 11 is 1.68. The van der Waals surface area contributed by atoms with Crippen molar-refractivity contribution in [2.45, 2.75) is 45.0 Å². The van der Waals surface area contributed by atoms with Crippen LogP contribution in [0.2, 0.25) is 0 Å². The molecule has 11 heteroatoms. The summed E-state index contributed by atoms with van der Waals surface area (Å²) in [6, 6.07) is 13.7. The highest BCUT2D eigenvalue weighted by atomic mass is 32.2. The quantitative estimate of drug-likeness (QED) is 0.263. The zero-order chi connectivity index (χ0) is 28.8. The standard InChI is InChI=1S/C25H22F2N4O3S.C2H6S.C2H6/c26-17-9-20-19(10-23(31(20)35-27)34-22-8-6-16-21(32)12-33-25(16)22)30-24(17)14-3-1-13(2-4-14)18-7-5-15(28)11-29-18;1-3-2;1-2/h1-5,7,9-11,16,21-22,25,32H,6,8,12,28H2;1-2H3;1-2H3/t16?,21-,22-,25+;;/m1../s1. The number of aliphatic hydroxyl groups is 1. The van der Waals surface area contributed by atoms with Crippen LogP contribution in [-0.4, -0.2) is 56.5 Å². The number of hydrogen-bond acceptors (Lipinski definition) is 8. The van der Waals surface area contributed by atoms with Gasteiger partial charge in [-0.2, -0.15) is 11.8 Å². The normalized spacial score (nSPS) is 21.3. The molecule has 3 N–H and O–H groups in total. The van der Waals surface area contributed by atoms with Crippen molar-refractivity contribution < 1.29 is 22.9 Å². The summed E-state index contributed by atoms with van der Waals surface area (Å²) in [5.74, 6) is -0.319. The molecule has 4 aromatic rings. The molecule has 1 saturated heterocycles. The van der Waals surface area contributed by atoms with Crippen LogP contribution in [0.25, 0.3) is 33.5 Å². The molecule has 0 spiro atoms. The summed E-state index contributed by atoms with van der Waals surface area (Å²) < 4.78 is 42.0. The van der Waals surface area contributed by atoms with Crippen LogP contribution in [0.4, 0.5) is 14.0 Å². The van der Waals surface area contributed by atoms with E-state index in [2.05, 4.69) is 9.97 Å². The highest BCUT2D eigenvalue weighted by Gasteiger charge is 2.47. The molecule has 1 aliphatic heterocycles. The topological polar surface area (TPSA) is 95.4 Å². The molecule has 0 radical (unpaired) electrons. The maximum atomic E-state index is 15.1. The Labute approximate surface area is 241 Å². The number of anilines is 1. The van der Waals surface area contributed by atoms with Crippen molar-refractivity contribution in [1.29, 1.82) is 0 Å². The summed E-state index contributed by atoms with van der Waals surface area (Å²) in [6.07, 6.45) is 6.07. The van der Waals surface area contributed by atoms with Gasteiger partial charge in [-0.3, -0.25) is 4.98 Å². The molecule has 0 amide bonds. The molecule has 1 aromatic carbocycles. The highest BCUT2D eigenvalue weighted by molar-refractivity contribution is 7.97. The van der Waals surface area contributed by atoms with Crippen LogP contribution in [0.15, 0.2) is 54.7 Å². The predicted molar refractivity (Wildman–Crippen MR) is 161 cm³/mol. The van der Waals surface area contributed by atoms with E-state index in [1.54, 1.807) is 42.2 Å². The largest absolute Gasteiger partial charge is 0.472 e. The summed E-state index contributed by atoms with van der Waals surface area (Å²) in [7, 11) is 0. The van der Waals surface area contributed by atoms with Gasteiger partial charge in [-0.05, 0) is 37.5 Å². The SMILES string of the molecule is CC.CSC.Nc1ccc(-c2ccc(-c3nc4cc(O[C@@H]5CCC6[C@H](O)CO[C@@H]65)n(SF)c4cc3F)cc2)nc1. The molecule has 0 bridgehead atoms. The molecule has 4 atom stereocenters. The first-order valence-electron chi connectivity index (χ1n) is 13.1. The summed E-state index contributed by atoms with van der Waals surface area (Å²) in [4.78, 5) is 8.79.